The minimum atomic E-state index is 1.03. The molecule has 3 heterocycles. The fraction of sp³-hybridized carbons (Fsp3) is 0.0714. The highest BCUT2D eigenvalue weighted by Gasteiger charge is 2.26. The summed E-state index contributed by atoms with van der Waals surface area (Å²) in [4.78, 5) is 15.7. The maximum absolute atomic E-state index is 5.24. The van der Waals surface area contributed by atoms with Crippen LogP contribution in [0.4, 0.5) is 0 Å². The van der Waals surface area contributed by atoms with E-state index in [0.717, 1.165) is 66.1 Å². The molecule has 0 aliphatic carbocycles. The van der Waals surface area contributed by atoms with E-state index >= 15 is 0 Å². The summed E-state index contributed by atoms with van der Waals surface area (Å²) in [5.41, 5.74) is 13.7. The Kier molecular flexibility index (Phi) is 4.79. The van der Waals surface area contributed by atoms with E-state index < -0.39 is 0 Å². The quantitative estimate of drug-likeness (QED) is 0.156. The fourth-order valence-corrected chi connectivity index (χ4v) is 7.59. The topological polar surface area (TPSA) is 38.7 Å². The third-order valence-electron chi connectivity index (χ3n) is 9.83. The van der Waals surface area contributed by atoms with E-state index in [4.69, 9.17) is 15.0 Å². The Bertz CT molecular complexity index is 2400. The molecule has 10 aromatic rings. The Morgan fingerprint density at radius 2 is 0.600 bits per heavy atom. The van der Waals surface area contributed by atoms with Gasteiger partial charge in [-0.1, -0.05) is 89.5 Å². The lowest BCUT2D eigenvalue weighted by Crippen LogP contribution is -1.99. The van der Waals surface area contributed by atoms with Gasteiger partial charge >= 0.3 is 0 Å². The molecule has 210 valence electrons. The van der Waals surface area contributed by atoms with Crippen molar-refractivity contribution in [3.8, 4) is 33.4 Å². The van der Waals surface area contributed by atoms with E-state index in [1.54, 1.807) is 0 Å². The molecule has 0 spiro atoms. The molecule has 0 radical (unpaired) electrons. The summed E-state index contributed by atoms with van der Waals surface area (Å²) in [6, 6.07) is 33.2. The van der Waals surface area contributed by atoms with Gasteiger partial charge in [0.2, 0.25) is 0 Å². The Hall–Kier alpha value is -5.67. The first-order valence-corrected chi connectivity index (χ1v) is 15.5. The average Bonchev–Trinajstić information content (AvgIpc) is 3.07. The fourth-order valence-electron chi connectivity index (χ4n) is 7.59. The molecule has 3 heteroatoms. The summed E-state index contributed by atoms with van der Waals surface area (Å²) in [7, 11) is 0. The van der Waals surface area contributed by atoms with E-state index in [0.29, 0.717) is 0 Å². The number of hydrogen-bond acceptors (Lipinski definition) is 3. The first-order valence-electron chi connectivity index (χ1n) is 15.5. The van der Waals surface area contributed by atoms with Crippen LogP contribution in [0.15, 0.2) is 110 Å². The molecule has 0 fully saturated rings. The van der Waals surface area contributed by atoms with Crippen LogP contribution in [-0.2, 0) is 0 Å². The summed E-state index contributed by atoms with van der Waals surface area (Å²) in [6.45, 7) is 6.39. The molecule has 0 aliphatic rings. The number of aromatic nitrogens is 3. The molecule has 0 unspecified atom stereocenters. The number of hydrogen-bond donors (Lipinski definition) is 0. The molecule has 0 atom stereocenters. The van der Waals surface area contributed by atoms with Crippen molar-refractivity contribution in [3.05, 3.63) is 126 Å². The van der Waals surface area contributed by atoms with Crippen molar-refractivity contribution in [2.75, 3.05) is 0 Å². The summed E-state index contributed by atoms with van der Waals surface area (Å²) < 4.78 is 0. The second-order valence-electron chi connectivity index (χ2n) is 12.7. The van der Waals surface area contributed by atoms with Crippen LogP contribution in [-0.4, -0.2) is 15.0 Å². The SMILES string of the molecule is Cc1ccc(-c2cc3cnc4c(-c5ccc(C)cc5)cc5cnc6c(-c7ccc(C)cc7)cc7cnc2c2c7c6c5c4c32)cc1. The highest BCUT2D eigenvalue weighted by Crippen LogP contribution is 2.51. The Morgan fingerprint density at radius 3 is 0.867 bits per heavy atom. The average molecular weight is 574 g/mol. The van der Waals surface area contributed by atoms with Crippen LogP contribution in [0.3, 0.4) is 0 Å². The molecular weight excluding hydrogens is 546 g/mol. The standard InChI is InChI=1S/C42H27N3/c1-22-4-10-25(11-5-22)31-16-28-19-44-41-33(27-14-8-24(3)9-15-27)18-30-21-45-42-32(26-12-6-23(2)7-13-26)17-29-20-43-40(31)37-34(28)38(41)36(30)39(42)35(29)37/h4-21H,1-3H3. The van der Waals surface area contributed by atoms with Crippen molar-refractivity contribution in [2.45, 2.75) is 20.8 Å². The van der Waals surface area contributed by atoms with Gasteiger partial charge in [-0.2, -0.15) is 0 Å². The molecule has 0 amide bonds. The maximum Gasteiger partial charge on any atom is 0.0793 e. The number of benzene rings is 7. The van der Waals surface area contributed by atoms with Gasteiger partial charge in [0.25, 0.3) is 0 Å². The molecular formula is C42H27N3. The van der Waals surface area contributed by atoms with Crippen molar-refractivity contribution in [1.29, 1.82) is 0 Å². The van der Waals surface area contributed by atoms with Gasteiger partial charge in [0.15, 0.2) is 0 Å². The van der Waals surface area contributed by atoms with Crippen molar-refractivity contribution in [2.24, 2.45) is 0 Å². The third-order valence-corrected chi connectivity index (χ3v) is 9.83. The highest BCUT2D eigenvalue weighted by atomic mass is 14.7. The number of pyridine rings is 3. The Labute approximate surface area is 259 Å². The van der Waals surface area contributed by atoms with E-state index in [1.807, 2.05) is 0 Å². The first-order chi connectivity index (χ1) is 22.0. The minimum Gasteiger partial charge on any atom is -0.255 e. The second kappa shape index (κ2) is 8.71. The molecule has 0 aliphatic heterocycles. The molecule has 0 saturated heterocycles. The molecule has 10 rings (SSSR count). The smallest absolute Gasteiger partial charge is 0.0793 e. The Morgan fingerprint density at radius 1 is 0.333 bits per heavy atom. The Balaban J connectivity index is 1.46. The maximum atomic E-state index is 5.24. The van der Waals surface area contributed by atoms with Crippen LogP contribution in [0.2, 0.25) is 0 Å². The number of nitrogens with zero attached hydrogens (tertiary/aromatic N) is 3. The lowest BCUT2D eigenvalue weighted by Gasteiger charge is -2.23. The van der Waals surface area contributed by atoms with Gasteiger partial charge < -0.3 is 0 Å². The predicted molar refractivity (Wildman–Crippen MR) is 189 cm³/mol. The molecule has 3 nitrogen and oxygen atoms in total. The van der Waals surface area contributed by atoms with Crippen LogP contribution in [0.1, 0.15) is 16.7 Å². The zero-order valence-electron chi connectivity index (χ0n) is 25.2. The van der Waals surface area contributed by atoms with Crippen molar-refractivity contribution in [3.63, 3.8) is 0 Å². The molecule has 0 bridgehead atoms. The summed E-state index contributed by atoms with van der Waals surface area (Å²) in [5, 5.41) is 10.8. The normalized spacial score (nSPS) is 12.3. The van der Waals surface area contributed by atoms with E-state index in [2.05, 4.69) is 130 Å². The summed E-state index contributed by atoms with van der Waals surface area (Å²) >= 11 is 0. The van der Waals surface area contributed by atoms with Crippen molar-refractivity contribution in [1.82, 2.24) is 15.0 Å². The van der Waals surface area contributed by atoms with Crippen LogP contribution < -0.4 is 0 Å². The molecule has 0 N–H and O–H groups in total. The molecule has 7 aromatic carbocycles. The number of rotatable bonds is 3. The van der Waals surface area contributed by atoms with Crippen LogP contribution >= 0.6 is 0 Å². The zero-order chi connectivity index (χ0) is 30.0. The van der Waals surface area contributed by atoms with Crippen LogP contribution in [0, 0.1) is 20.8 Å². The van der Waals surface area contributed by atoms with Gasteiger partial charge in [-0.25, -0.2) is 0 Å². The van der Waals surface area contributed by atoms with Crippen LogP contribution in [0.5, 0.6) is 0 Å². The minimum absolute atomic E-state index is 1.03. The van der Waals surface area contributed by atoms with Gasteiger partial charge in [-0.05, 0) is 55.7 Å². The second-order valence-corrected chi connectivity index (χ2v) is 12.7. The summed E-state index contributed by atoms with van der Waals surface area (Å²) in [6.07, 6.45) is 6.21. The predicted octanol–water partition coefficient (Wildman–Crippen LogP) is 11.0. The monoisotopic (exact) mass is 573 g/mol. The summed E-state index contributed by atoms with van der Waals surface area (Å²) in [5.74, 6) is 0. The van der Waals surface area contributed by atoms with E-state index in [1.165, 1.54) is 49.0 Å². The van der Waals surface area contributed by atoms with Gasteiger partial charge in [-0.15, -0.1) is 0 Å². The lowest BCUT2D eigenvalue weighted by molar-refractivity contribution is 1.41. The lowest BCUT2D eigenvalue weighted by atomic mass is 9.82. The third kappa shape index (κ3) is 3.33. The van der Waals surface area contributed by atoms with Crippen LogP contribution in [0.25, 0.3) is 98.4 Å². The first kappa shape index (κ1) is 24.7. The zero-order valence-corrected chi connectivity index (χ0v) is 25.2. The van der Waals surface area contributed by atoms with Crippen molar-refractivity contribution >= 4 is 65.0 Å². The molecule has 3 aromatic heterocycles. The van der Waals surface area contributed by atoms with Gasteiger partial charge in [0.1, 0.15) is 0 Å². The molecule has 45 heavy (non-hydrogen) atoms. The van der Waals surface area contributed by atoms with Gasteiger partial charge in [0, 0.05) is 83.8 Å². The largest absolute Gasteiger partial charge is 0.255 e. The van der Waals surface area contributed by atoms with E-state index in [9.17, 15) is 0 Å². The van der Waals surface area contributed by atoms with Crippen molar-refractivity contribution < 1.29 is 0 Å². The van der Waals surface area contributed by atoms with Gasteiger partial charge in [-0.3, -0.25) is 15.0 Å². The molecule has 0 saturated carbocycles. The number of aryl methyl sites for hydroxylation is 3. The van der Waals surface area contributed by atoms with E-state index in [-0.39, 0.29) is 0 Å². The highest BCUT2D eigenvalue weighted by molar-refractivity contribution is 6.45. The van der Waals surface area contributed by atoms with Gasteiger partial charge in [0.05, 0.1) is 16.6 Å².